The van der Waals surface area contributed by atoms with Crippen LogP contribution in [-0.4, -0.2) is 31.4 Å². The first-order chi connectivity index (χ1) is 18.8. The van der Waals surface area contributed by atoms with Crippen LogP contribution in [0.5, 0.6) is 11.5 Å². The van der Waals surface area contributed by atoms with Crippen molar-refractivity contribution in [3.63, 3.8) is 0 Å². The van der Waals surface area contributed by atoms with Crippen molar-refractivity contribution < 1.29 is 23.4 Å². The van der Waals surface area contributed by atoms with Gasteiger partial charge in [-0.1, -0.05) is 41.1 Å². The fourth-order valence-corrected chi connectivity index (χ4v) is 5.70. The van der Waals surface area contributed by atoms with Gasteiger partial charge in [0.15, 0.2) is 16.3 Å². The molecule has 0 aliphatic carbocycles. The molecule has 0 saturated heterocycles. The summed E-state index contributed by atoms with van der Waals surface area (Å²) in [6, 6.07) is 15.5. The normalized spacial score (nSPS) is 15.1. The number of ether oxygens (including phenoxy) is 3. The van der Waals surface area contributed by atoms with Gasteiger partial charge in [-0.25, -0.2) is 9.79 Å². The number of carbonyl (C=O) groups excluding carboxylic acids is 1. The van der Waals surface area contributed by atoms with Crippen molar-refractivity contribution in [3.8, 4) is 22.8 Å². The minimum Gasteiger partial charge on any atom is -0.493 e. The number of halogens is 1. The Kier molecular flexibility index (Phi) is 7.45. The number of benzene rings is 2. The summed E-state index contributed by atoms with van der Waals surface area (Å²) in [6.07, 6.45) is 1.67. The highest BCUT2D eigenvalue weighted by Gasteiger charge is 2.34. The lowest BCUT2D eigenvalue weighted by molar-refractivity contribution is -0.139. The third-order valence-electron chi connectivity index (χ3n) is 6.25. The van der Waals surface area contributed by atoms with Gasteiger partial charge in [-0.05, 0) is 55.8 Å². The van der Waals surface area contributed by atoms with Crippen LogP contribution in [-0.2, 0) is 9.53 Å². The summed E-state index contributed by atoms with van der Waals surface area (Å²) in [4.78, 5) is 32.0. The second-order valence-corrected chi connectivity index (χ2v) is 10.1. The van der Waals surface area contributed by atoms with Gasteiger partial charge in [-0.3, -0.25) is 9.36 Å². The average Bonchev–Trinajstić information content (AvgIpc) is 3.52. The van der Waals surface area contributed by atoms with Crippen LogP contribution in [0, 0.1) is 0 Å². The molecule has 1 atom stereocenters. The molecule has 2 aromatic heterocycles. The molecule has 2 aromatic carbocycles. The lowest BCUT2D eigenvalue weighted by atomic mass is 9.95. The molecule has 5 rings (SSSR count). The first kappa shape index (κ1) is 26.5. The quantitative estimate of drug-likeness (QED) is 0.301. The molecule has 3 heterocycles. The Balaban J connectivity index is 1.66. The van der Waals surface area contributed by atoms with Crippen LogP contribution in [0.4, 0.5) is 0 Å². The van der Waals surface area contributed by atoms with Crippen molar-refractivity contribution in [3.05, 3.63) is 102 Å². The Labute approximate surface area is 233 Å². The zero-order chi connectivity index (χ0) is 27.7. The zero-order valence-corrected chi connectivity index (χ0v) is 23.3. The van der Waals surface area contributed by atoms with Crippen molar-refractivity contribution >= 4 is 35.0 Å². The molecule has 0 N–H and O–H groups in total. The number of thiazole rings is 1. The van der Waals surface area contributed by atoms with Crippen molar-refractivity contribution in [2.24, 2.45) is 4.99 Å². The van der Waals surface area contributed by atoms with Gasteiger partial charge >= 0.3 is 5.97 Å². The second kappa shape index (κ2) is 11.0. The van der Waals surface area contributed by atoms with Crippen LogP contribution in [0.15, 0.2) is 80.1 Å². The number of hydrogen-bond donors (Lipinski definition) is 0. The fraction of sp³-hybridized carbons (Fsp3) is 0.207. The van der Waals surface area contributed by atoms with E-state index < -0.39 is 12.0 Å². The first-order valence-electron chi connectivity index (χ1n) is 12.1. The number of esters is 1. The Hall–Kier alpha value is -4.08. The van der Waals surface area contributed by atoms with E-state index in [2.05, 4.69) is 4.99 Å². The van der Waals surface area contributed by atoms with Gasteiger partial charge in [0, 0.05) is 16.7 Å². The van der Waals surface area contributed by atoms with E-state index in [0.29, 0.717) is 48.6 Å². The Morgan fingerprint density at radius 2 is 1.92 bits per heavy atom. The highest BCUT2D eigenvalue weighted by atomic mass is 35.5. The predicted molar refractivity (Wildman–Crippen MR) is 149 cm³/mol. The van der Waals surface area contributed by atoms with Crippen molar-refractivity contribution in [2.45, 2.75) is 19.9 Å². The maximum Gasteiger partial charge on any atom is 0.338 e. The number of allylic oxidation sites excluding steroid dienone is 1. The third kappa shape index (κ3) is 5.03. The van der Waals surface area contributed by atoms with Crippen LogP contribution >= 0.6 is 22.9 Å². The minimum atomic E-state index is -0.777. The highest BCUT2D eigenvalue weighted by molar-refractivity contribution is 7.07. The van der Waals surface area contributed by atoms with E-state index in [1.165, 1.54) is 23.0 Å². The molecule has 0 radical (unpaired) electrons. The number of carbonyl (C=O) groups is 1. The summed E-state index contributed by atoms with van der Waals surface area (Å²) in [5.41, 5.74) is 1.92. The van der Waals surface area contributed by atoms with Gasteiger partial charge < -0.3 is 18.6 Å². The molecule has 39 heavy (non-hydrogen) atoms. The molecule has 1 aliphatic rings. The van der Waals surface area contributed by atoms with E-state index >= 15 is 0 Å². The molecule has 1 aliphatic heterocycles. The number of methoxy groups -OCH3 is 2. The molecule has 8 nitrogen and oxygen atoms in total. The van der Waals surface area contributed by atoms with E-state index in [1.54, 1.807) is 63.4 Å². The fourth-order valence-electron chi connectivity index (χ4n) is 4.49. The minimum absolute atomic E-state index is 0.187. The molecule has 0 spiro atoms. The van der Waals surface area contributed by atoms with Crippen LogP contribution in [0.2, 0.25) is 5.02 Å². The largest absolute Gasteiger partial charge is 0.493 e. The van der Waals surface area contributed by atoms with Gasteiger partial charge in [0.05, 0.1) is 42.7 Å². The van der Waals surface area contributed by atoms with Crippen molar-refractivity contribution in [1.82, 2.24) is 4.57 Å². The SMILES string of the molecule is CCOC(=O)C1=C(C)N=c2s/c(=C\c3ccc(-c4cccc(Cl)c4)o3)c(=O)n2[C@H]1c1ccc(OC)c(OC)c1. The zero-order valence-electron chi connectivity index (χ0n) is 21.7. The lowest BCUT2D eigenvalue weighted by Crippen LogP contribution is -2.39. The molecule has 0 amide bonds. The average molecular weight is 565 g/mol. The summed E-state index contributed by atoms with van der Waals surface area (Å²) in [7, 11) is 3.07. The maximum absolute atomic E-state index is 13.8. The van der Waals surface area contributed by atoms with Gasteiger partial charge in [-0.2, -0.15) is 0 Å². The van der Waals surface area contributed by atoms with E-state index in [1.807, 2.05) is 18.2 Å². The Bertz CT molecular complexity index is 1780. The number of aromatic nitrogens is 1. The van der Waals surface area contributed by atoms with Crippen LogP contribution in [0.25, 0.3) is 17.4 Å². The molecule has 10 heteroatoms. The lowest BCUT2D eigenvalue weighted by Gasteiger charge is -2.25. The standard InChI is InChI=1S/C29H25ClN2O6S/c1-5-37-28(34)25-16(2)31-29-32(26(25)18-9-11-22(35-3)23(14-18)36-4)27(33)24(39-29)15-20-10-12-21(38-20)17-7-6-8-19(30)13-17/h6-15,26H,5H2,1-4H3/b24-15-/t26-/m0/s1. The van der Waals surface area contributed by atoms with Crippen molar-refractivity contribution in [2.75, 3.05) is 20.8 Å². The predicted octanol–water partition coefficient (Wildman–Crippen LogP) is 4.73. The maximum atomic E-state index is 13.8. The van der Waals surface area contributed by atoms with E-state index in [-0.39, 0.29) is 17.7 Å². The van der Waals surface area contributed by atoms with E-state index in [9.17, 15) is 9.59 Å². The third-order valence-corrected chi connectivity index (χ3v) is 7.47. The first-order valence-corrected chi connectivity index (χ1v) is 13.3. The number of rotatable bonds is 7. The molecule has 200 valence electrons. The highest BCUT2D eigenvalue weighted by Crippen LogP contribution is 2.36. The Morgan fingerprint density at radius 3 is 2.64 bits per heavy atom. The number of fused-ring (bicyclic) bond motifs is 1. The van der Waals surface area contributed by atoms with Gasteiger partial charge in [0.2, 0.25) is 0 Å². The summed E-state index contributed by atoms with van der Waals surface area (Å²) < 4.78 is 24.1. The monoisotopic (exact) mass is 564 g/mol. The smallest absolute Gasteiger partial charge is 0.338 e. The van der Waals surface area contributed by atoms with Crippen molar-refractivity contribution in [1.29, 1.82) is 0 Å². The number of hydrogen-bond acceptors (Lipinski definition) is 8. The second-order valence-electron chi connectivity index (χ2n) is 8.63. The molecular formula is C29H25ClN2O6S. The Morgan fingerprint density at radius 1 is 1.13 bits per heavy atom. The van der Waals surface area contributed by atoms with Crippen LogP contribution < -0.4 is 24.4 Å². The summed E-state index contributed by atoms with van der Waals surface area (Å²) in [5.74, 6) is 1.59. The summed E-state index contributed by atoms with van der Waals surface area (Å²) >= 11 is 7.34. The molecule has 0 saturated carbocycles. The molecule has 0 bridgehead atoms. The number of furan rings is 1. The molecular weight excluding hydrogens is 540 g/mol. The van der Waals surface area contributed by atoms with Crippen LogP contribution in [0.1, 0.15) is 31.2 Å². The van der Waals surface area contributed by atoms with E-state index in [4.69, 9.17) is 30.2 Å². The van der Waals surface area contributed by atoms with E-state index in [0.717, 1.165) is 5.56 Å². The van der Waals surface area contributed by atoms with Gasteiger partial charge in [-0.15, -0.1) is 0 Å². The topological polar surface area (TPSA) is 92.3 Å². The van der Waals surface area contributed by atoms with Crippen LogP contribution in [0.3, 0.4) is 0 Å². The summed E-state index contributed by atoms with van der Waals surface area (Å²) in [6.45, 7) is 3.66. The molecule has 0 unspecified atom stereocenters. The van der Waals surface area contributed by atoms with Gasteiger partial charge in [0.25, 0.3) is 5.56 Å². The van der Waals surface area contributed by atoms with Gasteiger partial charge in [0.1, 0.15) is 11.5 Å². The molecule has 0 fully saturated rings. The summed E-state index contributed by atoms with van der Waals surface area (Å²) in [5, 5.41) is 0.599. The molecule has 4 aromatic rings. The number of nitrogens with zero attached hydrogens (tertiary/aromatic N) is 2.